The Morgan fingerprint density at radius 3 is 2.56 bits per heavy atom. The van der Waals surface area contributed by atoms with E-state index in [2.05, 4.69) is 6.58 Å². The number of methoxy groups -OCH3 is 1. The van der Waals surface area contributed by atoms with Crippen LogP contribution in [-0.4, -0.2) is 30.4 Å². The molecule has 1 heterocycles. The topological polar surface area (TPSA) is 55.8 Å². The largest absolute Gasteiger partial charge is 0.496 e. The zero-order chi connectivity index (χ0) is 18.0. The number of rotatable bonds is 5. The fourth-order valence-corrected chi connectivity index (χ4v) is 2.86. The minimum absolute atomic E-state index is 0.0884. The van der Waals surface area contributed by atoms with Crippen LogP contribution in [0.15, 0.2) is 49.0 Å². The van der Waals surface area contributed by atoms with Crippen LogP contribution >= 0.6 is 0 Å². The summed E-state index contributed by atoms with van der Waals surface area (Å²) in [6, 6.07) is 12.8. The van der Waals surface area contributed by atoms with Gasteiger partial charge in [-0.1, -0.05) is 36.4 Å². The van der Waals surface area contributed by atoms with Gasteiger partial charge in [-0.3, -0.25) is 14.5 Å². The van der Waals surface area contributed by atoms with Crippen molar-refractivity contribution in [1.29, 1.82) is 0 Å². The molecule has 0 aliphatic carbocycles. The molecule has 0 radical (unpaired) electrons. The van der Waals surface area contributed by atoms with Gasteiger partial charge in [-0.05, 0) is 25.1 Å². The van der Waals surface area contributed by atoms with E-state index in [1.54, 1.807) is 19.2 Å². The molecule has 0 spiro atoms. The first-order valence-corrected chi connectivity index (χ1v) is 7.90. The number of amides is 1. The number of carbonyl (C=O) groups is 2. The van der Waals surface area contributed by atoms with Gasteiger partial charge in [0.25, 0.3) is 5.91 Å². The van der Waals surface area contributed by atoms with Crippen molar-refractivity contribution in [3.05, 3.63) is 71.3 Å². The summed E-state index contributed by atoms with van der Waals surface area (Å²) in [6.07, 6.45) is 0. The van der Waals surface area contributed by atoms with Crippen molar-refractivity contribution in [2.24, 2.45) is 0 Å². The molecule has 1 amide bonds. The molecule has 5 heteroatoms. The molecule has 1 aliphatic rings. The highest BCUT2D eigenvalue weighted by atomic mass is 16.5. The number of hydrogen-bond acceptors (Lipinski definition) is 4. The summed E-state index contributed by atoms with van der Waals surface area (Å²) in [4.78, 5) is 25.9. The number of fused-ring (bicyclic) bond motifs is 1. The van der Waals surface area contributed by atoms with Gasteiger partial charge in [0, 0.05) is 22.4 Å². The third kappa shape index (κ3) is 3.26. The number of ether oxygens (including phenoxy) is 2. The van der Waals surface area contributed by atoms with Crippen molar-refractivity contribution in [3.8, 4) is 5.75 Å². The van der Waals surface area contributed by atoms with Crippen LogP contribution in [0.5, 0.6) is 5.75 Å². The molecule has 128 valence electrons. The highest BCUT2D eigenvalue weighted by molar-refractivity contribution is 6.10. The Morgan fingerprint density at radius 1 is 1.16 bits per heavy atom. The monoisotopic (exact) mass is 337 g/mol. The normalized spacial score (nSPS) is 13.0. The number of nitrogens with zero attached hydrogens (tertiary/aromatic N) is 1. The van der Waals surface area contributed by atoms with Crippen molar-refractivity contribution in [2.75, 3.05) is 13.7 Å². The zero-order valence-corrected chi connectivity index (χ0v) is 14.2. The smallest absolute Gasteiger partial charge is 0.326 e. The Hall–Kier alpha value is -3.08. The van der Waals surface area contributed by atoms with Crippen LogP contribution in [0.4, 0.5) is 0 Å². The Kier molecular flexibility index (Phi) is 4.57. The first kappa shape index (κ1) is 16.8. The van der Waals surface area contributed by atoms with Crippen LogP contribution < -0.4 is 4.74 Å². The average Bonchev–Trinajstić information content (AvgIpc) is 2.85. The second-order valence-corrected chi connectivity index (χ2v) is 5.86. The van der Waals surface area contributed by atoms with Gasteiger partial charge >= 0.3 is 5.97 Å². The van der Waals surface area contributed by atoms with Gasteiger partial charge in [0.1, 0.15) is 18.9 Å². The second-order valence-electron chi connectivity index (χ2n) is 5.86. The highest BCUT2D eigenvalue weighted by Crippen LogP contribution is 2.31. The fourth-order valence-electron chi connectivity index (χ4n) is 2.86. The third-order valence-corrected chi connectivity index (χ3v) is 4.15. The molecule has 0 saturated heterocycles. The van der Waals surface area contributed by atoms with Gasteiger partial charge in [0.2, 0.25) is 0 Å². The Balaban J connectivity index is 1.65. The van der Waals surface area contributed by atoms with E-state index in [0.717, 1.165) is 16.7 Å². The van der Waals surface area contributed by atoms with Crippen LogP contribution in [0.2, 0.25) is 0 Å². The molecule has 0 N–H and O–H groups in total. The molecule has 0 saturated carbocycles. The summed E-state index contributed by atoms with van der Waals surface area (Å²) >= 11 is 0. The predicted molar refractivity (Wildman–Crippen MR) is 94.0 cm³/mol. The lowest BCUT2D eigenvalue weighted by Gasteiger charge is -2.17. The molecule has 0 aromatic heterocycles. The summed E-state index contributed by atoms with van der Waals surface area (Å²) in [7, 11) is 1.57. The fraction of sp³-hybridized carbons (Fsp3) is 0.200. The van der Waals surface area contributed by atoms with Crippen molar-refractivity contribution in [2.45, 2.75) is 13.5 Å². The molecule has 5 nitrogen and oxygen atoms in total. The predicted octanol–water partition coefficient (Wildman–Crippen LogP) is 3.17. The van der Waals surface area contributed by atoms with E-state index < -0.39 is 5.97 Å². The van der Waals surface area contributed by atoms with E-state index in [1.807, 2.05) is 37.3 Å². The van der Waals surface area contributed by atoms with Gasteiger partial charge < -0.3 is 9.47 Å². The lowest BCUT2D eigenvalue weighted by Crippen LogP contribution is -2.30. The van der Waals surface area contributed by atoms with Crippen LogP contribution in [0.1, 0.15) is 27.0 Å². The Bertz CT molecular complexity index is 822. The maximum absolute atomic E-state index is 12.4. The summed E-state index contributed by atoms with van der Waals surface area (Å²) in [5, 5.41) is 0. The zero-order valence-electron chi connectivity index (χ0n) is 14.2. The van der Waals surface area contributed by atoms with Gasteiger partial charge in [-0.2, -0.15) is 0 Å². The maximum Gasteiger partial charge on any atom is 0.326 e. The Morgan fingerprint density at radius 2 is 1.88 bits per heavy atom. The van der Waals surface area contributed by atoms with Crippen LogP contribution in [0.25, 0.3) is 5.70 Å². The first-order valence-electron chi connectivity index (χ1n) is 7.90. The molecule has 2 aromatic rings. The third-order valence-electron chi connectivity index (χ3n) is 4.15. The van der Waals surface area contributed by atoms with Crippen molar-refractivity contribution in [1.82, 2.24) is 4.90 Å². The molecule has 0 atom stereocenters. The quantitative estimate of drug-likeness (QED) is 0.787. The molecular weight excluding hydrogens is 318 g/mol. The van der Waals surface area contributed by atoms with Crippen molar-refractivity contribution < 1.29 is 19.1 Å². The van der Waals surface area contributed by atoms with E-state index in [0.29, 0.717) is 17.0 Å². The minimum atomic E-state index is -0.495. The van der Waals surface area contributed by atoms with Gasteiger partial charge in [0.05, 0.1) is 7.11 Å². The lowest BCUT2D eigenvalue weighted by molar-refractivity contribution is -0.145. The second kappa shape index (κ2) is 6.81. The van der Waals surface area contributed by atoms with Crippen molar-refractivity contribution >= 4 is 17.6 Å². The number of aryl methyl sites for hydroxylation is 1. The van der Waals surface area contributed by atoms with Gasteiger partial charge in [-0.15, -0.1) is 0 Å². The van der Waals surface area contributed by atoms with Crippen molar-refractivity contribution in [3.63, 3.8) is 0 Å². The van der Waals surface area contributed by atoms with Crippen LogP contribution in [-0.2, 0) is 16.1 Å². The van der Waals surface area contributed by atoms with E-state index >= 15 is 0 Å². The molecule has 1 aliphatic heterocycles. The summed E-state index contributed by atoms with van der Waals surface area (Å²) in [5.74, 6) is -0.0657. The SMILES string of the molecule is C=C1c2ccccc2C(=O)N1CC(=O)OCc1cc(C)ccc1OC. The molecule has 0 unspecified atom stereocenters. The summed E-state index contributed by atoms with van der Waals surface area (Å²) < 4.78 is 10.6. The lowest BCUT2D eigenvalue weighted by atomic mass is 10.1. The standard InChI is InChI=1S/C20H19NO4/c1-13-8-9-18(24-3)15(10-13)12-25-19(22)11-21-14(2)16-6-4-5-7-17(16)20(21)23/h4-10H,2,11-12H2,1,3H3. The number of benzene rings is 2. The number of hydrogen-bond donors (Lipinski definition) is 0. The first-order chi connectivity index (χ1) is 12.0. The van der Waals surface area contributed by atoms with E-state index in [9.17, 15) is 9.59 Å². The molecular formula is C20H19NO4. The van der Waals surface area contributed by atoms with Gasteiger partial charge in [0.15, 0.2) is 0 Å². The van der Waals surface area contributed by atoms with Gasteiger partial charge in [-0.25, -0.2) is 0 Å². The van der Waals surface area contributed by atoms with E-state index in [-0.39, 0.29) is 19.1 Å². The van der Waals surface area contributed by atoms with Crippen LogP contribution in [0, 0.1) is 6.92 Å². The molecule has 3 rings (SSSR count). The van der Waals surface area contributed by atoms with Crippen LogP contribution in [0.3, 0.4) is 0 Å². The maximum atomic E-state index is 12.4. The molecule has 0 fully saturated rings. The molecule has 2 aromatic carbocycles. The summed E-state index contributed by atoms with van der Waals surface area (Å²) in [6.45, 7) is 5.79. The molecule has 25 heavy (non-hydrogen) atoms. The minimum Gasteiger partial charge on any atom is -0.496 e. The van der Waals surface area contributed by atoms with E-state index in [1.165, 1.54) is 4.90 Å². The highest BCUT2D eigenvalue weighted by Gasteiger charge is 2.32. The molecule has 0 bridgehead atoms. The average molecular weight is 337 g/mol. The summed E-state index contributed by atoms with van der Waals surface area (Å²) in [5.41, 5.74) is 3.66. The van der Waals surface area contributed by atoms with E-state index in [4.69, 9.17) is 9.47 Å². The number of carbonyl (C=O) groups excluding carboxylic acids is 2. The number of esters is 1. The Labute approximate surface area is 146 Å².